The van der Waals surface area contributed by atoms with Crippen LogP contribution < -0.4 is 10.6 Å². The molecule has 3 aromatic rings. The first-order valence-electron chi connectivity index (χ1n) is 11.6. The first-order valence-corrected chi connectivity index (χ1v) is 12.3. The zero-order valence-electron chi connectivity index (χ0n) is 19.5. The van der Waals surface area contributed by atoms with Crippen LogP contribution in [0.2, 0.25) is 10.0 Å². The van der Waals surface area contributed by atoms with E-state index in [4.69, 9.17) is 23.2 Å². The zero-order valence-corrected chi connectivity index (χ0v) is 21.0. The summed E-state index contributed by atoms with van der Waals surface area (Å²) in [6.45, 7) is 2.02. The summed E-state index contributed by atoms with van der Waals surface area (Å²) in [7, 11) is 0. The molecule has 9 nitrogen and oxygen atoms in total. The highest BCUT2D eigenvalue weighted by atomic mass is 35.5. The predicted molar refractivity (Wildman–Crippen MR) is 136 cm³/mol. The Hall–Kier alpha value is -3.43. The molecule has 1 aliphatic rings. The highest BCUT2D eigenvalue weighted by Crippen LogP contribution is 2.28. The molecule has 188 valence electrons. The van der Waals surface area contributed by atoms with Crippen molar-refractivity contribution in [3.05, 3.63) is 75.3 Å². The number of aliphatic carboxylic acids is 1. The summed E-state index contributed by atoms with van der Waals surface area (Å²) in [5.41, 5.74) is 1.34. The van der Waals surface area contributed by atoms with Crippen LogP contribution in [0.5, 0.6) is 0 Å². The van der Waals surface area contributed by atoms with E-state index < -0.39 is 24.0 Å². The summed E-state index contributed by atoms with van der Waals surface area (Å²) in [5, 5.41) is 23.9. The number of rotatable bonds is 9. The molecular formula is C25H25Cl2N5O4. The van der Waals surface area contributed by atoms with E-state index in [1.807, 2.05) is 11.5 Å². The third kappa shape index (κ3) is 5.52. The number of fused-ring (bicyclic) bond motifs is 1. The Kier molecular flexibility index (Phi) is 7.91. The zero-order chi connectivity index (χ0) is 25.8. The second kappa shape index (κ2) is 11.1. The van der Waals surface area contributed by atoms with Gasteiger partial charge in [0.15, 0.2) is 0 Å². The van der Waals surface area contributed by atoms with Crippen LogP contribution in [0.3, 0.4) is 0 Å². The molecule has 0 bridgehead atoms. The van der Waals surface area contributed by atoms with E-state index in [9.17, 15) is 19.5 Å². The number of carbonyl (C=O) groups is 3. The molecule has 1 aromatic heterocycles. The van der Waals surface area contributed by atoms with E-state index in [1.54, 1.807) is 42.5 Å². The number of nitrogens with zero attached hydrogens (tertiary/aromatic N) is 3. The summed E-state index contributed by atoms with van der Waals surface area (Å²) in [5.74, 6) is -0.459. The van der Waals surface area contributed by atoms with Crippen LogP contribution in [0.4, 0.5) is 5.69 Å². The number of aryl methyl sites for hydroxylation is 2. The van der Waals surface area contributed by atoms with E-state index in [0.29, 0.717) is 30.5 Å². The predicted octanol–water partition coefficient (Wildman–Crippen LogP) is 4.09. The van der Waals surface area contributed by atoms with Crippen LogP contribution in [-0.2, 0) is 28.9 Å². The highest BCUT2D eigenvalue weighted by molar-refractivity contribution is 6.40. The number of nitrogens with one attached hydrogen (secondary N) is 2. The molecule has 3 N–H and O–H groups in total. The molecule has 1 unspecified atom stereocenters. The molecule has 2 aromatic carbocycles. The van der Waals surface area contributed by atoms with Gasteiger partial charge >= 0.3 is 5.97 Å². The van der Waals surface area contributed by atoms with Gasteiger partial charge in [0, 0.05) is 24.9 Å². The molecule has 0 radical (unpaired) electrons. The highest BCUT2D eigenvalue weighted by Gasteiger charge is 2.34. The molecule has 4 rings (SSSR count). The van der Waals surface area contributed by atoms with Crippen LogP contribution in [0.25, 0.3) is 0 Å². The van der Waals surface area contributed by atoms with Crippen molar-refractivity contribution in [2.24, 2.45) is 0 Å². The number of carboxylic acids is 1. The van der Waals surface area contributed by atoms with Gasteiger partial charge in [0.05, 0.1) is 15.6 Å². The minimum atomic E-state index is -1.13. The normalized spacial score (nSPS) is 15.2. The number of halogens is 2. The number of carbonyl (C=O) groups excluding carboxylic acids is 2. The van der Waals surface area contributed by atoms with Gasteiger partial charge in [0.2, 0.25) is 5.91 Å². The quantitative estimate of drug-likeness (QED) is 0.383. The van der Waals surface area contributed by atoms with E-state index in [0.717, 1.165) is 18.1 Å². The van der Waals surface area contributed by atoms with E-state index in [2.05, 4.69) is 20.8 Å². The molecular weight excluding hydrogens is 505 g/mol. The lowest BCUT2D eigenvalue weighted by atomic mass is 10.0. The Morgan fingerprint density at radius 3 is 2.44 bits per heavy atom. The van der Waals surface area contributed by atoms with Gasteiger partial charge < -0.3 is 20.3 Å². The van der Waals surface area contributed by atoms with Gasteiger partial charge in [-0.15, -0.1) is 10.2 Å². The lowest BCUT2D eigenvalue weighted by Crippen LogP contribution is -2.45. The number of hydrogen-bond acceptors (Lipinski definition) is 5. The lowest BCUT2D eigenvalue weighted by molar-refractivity contribution is -0.142. The first-order chi connectivity index (χ1) is 17.3. The second-order valence-electron chi connectivity index (χ2n) is 8.56. The fourth-order valence-corrected chi connectivity index (χ4v) is 4.83. The maximum Gasteiger partial charge on any atom is 0.326 e. The van der Waals surface area contributed by atoms with Crippen molar-refractivity contribution in [3.8, 4) is 0 Å². The monoisotopic (exact) mass is 529 g/mol. The number of anilines is 1. The Morgan fingerprint density at radius 1 is 1.11 bits per heavy atom. The topological polar surface area (TPSA) is 126 Å². The second-order valence-corrected chi connectivity index (χ2v) is 9.37. The van der Waals surface area contributed by atoms with Gasteiger partial charge in [-0.3, -0.25) is 9.59 Å². The fraction of sp³-hybridized carbons (Fsp3) is 0.320. The van der Waals surface area contributed by atoms with Crippen molar-refractivity contribution < 1.29 is 19.5 Å². The molecule has 0 saturated carbocycles. The molecule has 0 saturated heterocycles. The summed E-state index contributed by atoms with van der Waals surface area (Å²) in [6.07, 6.45) is 2.83. The molecule has 2 amide bonds. The summed E-state index contributed by atoms with van der Waals surface area (Å²) in [6, 6.07) is 9.85. The van der Waals surface area contributed by atoms with Gasteiger partial charge in [-0.05, 0) is 42.7 Å². The molecule has 2 heterocycles. The minimum absolute atomic E-state index is 0.0786. The van der Waals surface area contributed by atoms with Gasteiger partial charge in [0.25, 0.3) is 5.91 Å². The maximum absolute atomic E-state index is 13.0. The number of amides is 2. The standard InChI is InChI=1S/C25H25Cl2N5O4/c1-2-4-20-30-31-21-12-11-19(32(20)21)23(33)29-18(25(35)36)13-14-7-9-15(10-8-14)28-24(34)22-16(26)5-3-6-17(22)27/h3,5-10,18-19H,2,4,11-13H2,1H3,(H,28,34)(H,29,33)(H,35,36)/t18-,19?/m0/s1. The van der Waals surface area contributed by atoms with Crippen LogP contribution in [0.1, 0.15) is 53.4 Å². The van der Waals surface area contributed by atoms with Crippen molar-refractivity contribution in [2.45, 2.75) is 51.1 Å². The van der Waals surface area contributed by atoms with Crippen LogP contribution in [-0.4, -0.2) is 43.7 Å². The fourth-order valence-electron chi connectivity index (χ4n) is 4.26. The van der Waals surface area contributed by atoms with Gasteiger partial charge in [-0.2, -0.15) is 0 Å². The Labute approximate surface area is 217 Å². The van der Waals surface area contributed by atoms with Crippen LogP contribution >= 0.6 is 23.2 Å². The van der Waals surface area contributed by atoms with Crippen LogP contribution in [0.15, 0.2) is 42.5 Å². The SMILES string of the molecule is CCCc1nnc2n1C(C(=O)N[C@@H](Cc1ccc(NC(=O)c3c(Cl)cccc3Cl)cc1)C(=O)O)CC2. The Morgan fingerprint density at radius 2 is 1.81 bits per heavy atom. The summed E-state index contributed by atoms with van der Waals surface area (Å²) >= 11 is 12.2. The van der Waals surface area contributed by atoms with Crippen LogP contribution in [0, 0.1) is 0 Å². The summed E-state index contributed by atoms with van der Waals surface area (Å²) < 4.78 is 1.83. The molecule has 36 heavy (non-hydrogen) atoms. The first kappa shape index (κ1) is 25.7. The third-order valence-corrected chi connectivity index (χ3v) is 6.65. The summed E-state index contributed by atoms with van der Waals surface area (Å²) in [4.78, 5) is 37.5. The van der Waals surface area contributed by atoms with Crippen molar-refractivity contribution in [3.63, 3.8) is 0 Å². The molecule has 0 aliphatic carbocycles. The van der Waals surface area contributed by atoms with E-state index in [-0.39, 0.29) is 27.9 Å². The Bertz CT molecular complexity index is 1270. The van der Waals surface area contributed by atoms with E-state index >= 15 is 0 Å². The van der Waals surface area contributed by atoms with E-state index in [1.165, 1.54) is 0 Å². The minimum Gasteiger partial charge on any atom is -0.480 e. The van der Waals surface area contributed by atoms with Gasteiger partial charge in [-0.25, -0.2) is 4.79 Å². The molecule has 0 spiro atoms. The number of aromatic nitrogens is 3. The van der Waals surface area contributed by atoms with Crippen molar-refractivity contribution >= 4 is 46.7 Å². The third-order valence-electron chi connectivity index (χ3n) is 6.02. The number of hydrogen-bond donors (Lipinski definition) is 3. The average Bonchev–Trinajstić information content (AvgIpc) is 3.43. The van der Waals surface area contributed by atoms with Crippen molar-refractivity contribution in [2.75, 3.05) is 5.32 Å². The number of benzene rings is 2. The lowest BCUT2D eigenvalue weighted by Gasteiger charge is -2.20. The van der Waals surface area contributed by atoms with Gasteiger partial charge in [0.1, 0.15) is 23.7 Å². The smallest absolute Gasteiger partial charge is 0.326 e. The average molecular weight is 530 g/mol. The number of carboxylic acid groups (broad SMARTS) is 1. The van der Waals surface area contributed by atoms with Crippen molar-refractivity contribution in [1.29, 1.82) is 0 Å². The molecule has 1 aliphatic heterocycles. The molecule has 11 heteroatoms. The van der Waals surface area contributed by atoms with Gasteiger partial charge in [-0.1, -0.05) is 48.3 Å². The largest absolute Gasteiger partial charge is 0.480 e. The van der Waals surface area contributed by atoms with Crippen molar-refractivity contribution in [1.82, 2.24) is 20.1 Å². The maximum atomic E-state index is 13.0. The Balaban J connectivity index is 1.41. The molecule has 0 fully saturated rings. The molecule has 2 atom stereocenters.